The Morgan fingerprint density at radius 2 is 2.00 bits per heavy atom. The summed E-state index contributed by atoms with van der Waals surface area (Å²) >= 11 is 11.1. The molecule has 2 aliphatic carbocycles. The molecule has 0 spiro atoms. The van der Waals surface area contributed by atoms with Crippen LogP contribution in [-0.2, 0) is 0 Å². The lowest BCUT2D eigenvalue weighted by molar-refractivity contribution is 0.405. The molecule has 0 radical (unpaired) electrons. The maximum Gasteiger partial charge on any atom is 0.167 e. The van der Waals surface area contributed by atoms with E-state index >= 15 is 0 Å². The third-order valence-corrected chi connectivity index (χ3v) is 3.33. The van der Waals surface area contributed by atoms with Crippen molar-refractivity contribution in [2.75, 3.05) is 0 Å². The fraction of sp³-hybridized carbons (Fsp3) is 0.800. The summed E-state index contributed by atoms with van der Waals surface area (Å²) in [6.07, 6.45) is 5.49. The minimum absolute atomic E-state index is 0.496. The van der Waals surface area contributed by atoms with E-state index in [1.807, 2.05) is 0 Å². The van der Waals surface area contributed by atoms with Gasteiger partial charge in [0.15, 0.2) is 4.84 Å². The second-order valence-electron chi connectivity index (χ2n) is 3.87. The summed E-state index contributed by atoms with van der Waals surface area (Å²) in [5, 5.41) is 0. The molecule has 0 saturated heterocycles. The summed E-state index contributed by atoms with van der Waals surface area (Å²) in [5.41, 5.74) is 0. The molecule has 12 heavy (non-hydrogen) atoms. The fourth-order valence-corrected chi connectivity index (χ4v) is 2.72. The first-order valence-electron chi connectivity index (χ1n) is 4.55. The number of fused-ring (bicyclic) bond motifs is 2. The highest BCUT2D eigenvalue weighted by Gasteiger charge is 2.38. The lowest BCUT2D eigenvalue weighted by Gasteiger charge is -2.15. The minimum atomic E-state index is -0.496. The lowest BCUT2D eigenvalue weighted by Crippen LogP contribution is -2.07. The summed E-state index contributed by atoms with van der Waals surface area (Å²) in [4.78, 5) is -0.496. The van der Waals surface area contributed by atoms with Gasteiger partial charge in [-0.3, -0.25) is 0 Å². The van der Waals surface area contributed by atoms with Gasteiger partial charge in [0.2, 0.25) is 0 Å². The zero-order chi connectivity index (χ0) is 8.55. The van der Waals surface area contributed by atoms with Gasteiger partial charge in [0.25, 0.3) is 0 Å². The van der Waals surface area contributed by atoms with Crippen molar-refractivity contribution in [2.24, 2.45) is 17.8 Å². The van der Waals surface area contributed by atoms with Crippen LogP contribution in [0.25, 0.3) is 0 Å². The van der Waals surface area contributed by atoms with Crippen molar-refractivity contribution < 1.29 is 0 Å². The molecule has 0 aliphatic heterocycles. The van der Waals surface area contributed by atoms with Crippen molar-refractivity contribution in [3.8, 4) is 11.8 Å². The van der Waals surface area contributed by atoms with Crippen LogP contribution < -0.4 is 0 Å². The Morgan fingerprint density at radius 3 is 2.50 bits per heavy atom. The predicted octanol–water partition coefficient (Wildman–Crippen LogP) is 3.23. The van der Waals surface area contributed by atoms with Crippen LogP contribution in [0.3, 0.4) is 0 Å². The van der Waals surface area contributed by atoms with E-state index in [9.17, 15) is 0 Å². The van der Waals surface area contributed by atoms with Crippen LogP contribution in [0.1, 0.15) is 25.7 Å². The van der Waals surface area contributed by atoms with Crippen LogP contribution in [0, 0.1) is 29.6 Å². The number of hydrogen-bond acceptors (Lipinski definition) is 0. The average Bonchev–Trinajstić information content (AvgIpc) is 2.60. The molecule has 0 aromatic carbocycles. The molecule has 0 nitrogen and oxygen atoms in total. The molecule has 0 N–H and O–H groups in total. The van der Waals surface area contributed by atoms with E-state index in [0.717, 1.165) is 11.8 Å². The average molecular weight is 203 g/mol. The highest BCUT2D eigenvalue weighted by atomic mass is 35.5. The quantitative estimate of drug-likeness (QED) is 0.418. The van der Waals surface area contributed by atoms with Crippen LogP contribution in [0.4, 0.5) is 0 Å². The Morgan fingerprint density at radius 1 is 1.17 bits per heavy atom. The van der Waals surface area contributed by atoms with Crippen LogP contribution in [-0.4, -0.2) is 4.84 Å². The maximum absolute atomic E-state index is 5.55. The molecule has 0 amide bonds. The Balaban J connectivity index is 1.96. The standard InChI is InChI=1S/C10H12Cl2/c11-10(12)4-3-9-6-7-1-2-8(9)5-7/h7-10H,1-2,5-6H2. The predicted molar refractivity (Wildman–Crippen MR) is 52.2 cm³/mol. The summed E-state index contributed by atoms with van der Waals surface area (Å²) in [6.45, 7) is 0. The van der Waals surface area contributed by atoms with Gasteiger partial charge >= 0.3 is 0 Å². The SMILES string of the molecule is ClC(Cl)C#CC1CC2CCC1C2. The third kappa shape index (κ3) is 1.73. The van der Waals surface area contributed by atoms with E-state index < -0.39 is 4.84 Å². The molecule has 2 aliphatic rings. The molecule has 0 aromatic rings. The van der Waals surface area contributed by atoms with Gasteiger partial charge < -0.3 is 0 Å². The molecule has 0 heterocycles. The monoisotopic (exact) mass is 202 g/mol. The largest absolute Gasteiger partial charge is 0.167 e. The molecule has 2 bridgehead atoms. The van der Waals surface area contributed by atoms with Gasteiger partial charge in [0.1, 0.15) is 0 Å². The number of alkyl halides is 2. The van der Waals surface area contributed by atoms with Crippen molar-refractivity contribution in [2.45, 2.75) is 30.5 Å². The van der Waals surface area contributed by atoms with E-state index in [1.165, 1.54) is 25.7 Å². The first-order valence-corrected chi connectivity index (χ1v) is 5.42. The molecule has 3 unspecified atom stereocenters. The molecule has 2 heteroatoms. The Labute approximate surface area is 83.6 Å². The van der Waals surface area contributed by atoms with Gasteiger partial charge in [-0.25, -0.2) is 0 Å². The van der Waals surface area contributed by atoms with Gasteiger partial charge in [-0.15, -0.1) is 0 Å². The maximum atomic E-state index is 5.55. The first kappa shape index (κ1) is 8.73. The Hall–Kier alpha value is 0.140. The van der Waals surface area contributed by atoms with Crippen LogP contribution in [0.5, 0.6) is 0 Å². The molecule has 66 valence electrons. The number of rotatable bonds is 0. The van der Waals surface area contributed by atoms with E-state index in [0.29, 0.717) is 5.92 Å². The second-order valence-corrected chi connectivity index (χ2v) is 4.97. The number of halogens is 2. The van der Waals surface area contributed by atoms with E-state index in [1.54, 1.807) is 0 Å². The summed E-state index contributed by atoms with van der Waals surface area (Å²) in [6, 6.07) is 0. The van der Waals surface area contributed by atoms with Crippen LogP contribution >= 0.6 is 23.2 Å². The number of hydrogen-bond donors (Lipinski definition) is 0. The molecular weight excluding hydrogens is 191 g/mol. The van der Waals surface area contributed by atoms with Crippen LogP contribution in [0.2, 0.25) is 0 Å². The van der Waals surface area contributed by atoms with Crippen LogP contribution in [0.15, 0.2) is 0 Å². The van der Waals surface area contributed by atoms with E-state index in [2.05, 4.69) is 11.8 Å². The summed E-state index contributed by atoms with van der Waals surface area (Å²) < 4.78 is 0. The first-order chi connectivity index (χ1) is 5.75. The van der Waals surface area contributed by atoms with Crippen molar-refractivity contribution in [1.29, 1.82) is 0 Å². The molecule has 0 aromatic heterocycles. The third-order valence-electron chi connectivity index (χ3n) is 3.12. The van der Waals surface area contributed by atoms with Gasteiger partial charge in [-0.05, 0) is 31.1 Å². The van der Waals surface area contributed by atoms with E-state index in [-0.39, 0.29) is 0 Å². The zero-order valence-corrected chi connectivity index (χ0v) is 8.41. The van der Waals surface area contributed by atoms with Gasteiger partial charge in [0.05, 0.1) is 0 Å². The van der Waals surface area contributed by atoms with Crippen molar-refractivity contribution in [1.82, 2.24) is 0 Å². The smallest absolute Gasteiger partial charge is 0.0967 e. The highest BCUT2D eigenvalue weighted by Crippen LogP contribution is 2.47. The van der Waals surface area contributed by atoms with Gasteiger partial charge in [0, 0.05) is 5.92 Å². The fourth-order valence-electron chi connectivity index (χ4n) is 2.59. The highest BCUT2D eigenvalue weighted by molar-refractivity contribution is 6.46. The summed E-state index contributed by atoms with van der Waals surface area (Å²) in [5.74, 6) is 8.47. The van der Waals surface area contributed by atoms with Crippen molar-refractivity contribution in [3.05, 3.63) is 0 Å². The topological polar surface area (TPSA) is 0 Å². The minimum Gasteiger partial charge on any atom is -0.0967 e. The normalized spacial score (nSPS) is 38.4. The zero-order valence-electron chi connectivity index (χ0n) is 6.89. The van der Waals surface area contributed by atoms with E-state index in [4.69, 9.17) is 23.2 Å². The molecule has 3 atom stereocenters. The lowest BCUT2D eigenvalue weighted by atomic mass is 9.89. The molecule has 2 fully saturated rings. The molecule has 2 rings (SSSR count). The van der Waals surface area contributed by atoms with Gasteiger partial charge in [-0.1, -0.05) is 41.5 Å². The Bertz CT molecular complexity index is 224. The van der Waals surface area contributed by atoms with Crippen molar-refractivity contribution >= 4 is 23.2 Å². The van der Waals surface area contributed by atoms with Gasteiger partial charge in [-0.2, -0.15) is 0 Å². The summed E-state index contributed by atoms with van der Waals surface area (Å²) in [7, 11) is 0. The van der Waals surface area contributed by atoms with Crippen molar-refractivity contribution in [3.63, 3.8) is 0 Å². The molecular formula is C10H12Cl2. The molecule has 2 saturated carbocycles. The Kier molecular flexibility index (Phi) is 2.53. The second kappa shape index (κ2) is 3.48.